The molecule has 0 amide bonds. The minimum atomic E-state index is 0.708. The summed E-state index contributed by atoms with van der Waals surface area (Å²) in [6, 6.07) is 16.5. The lowest BCUT2D eigenvalue weighted by Crippen LogP contribution is -2.25. The first-order valence-electron chi connectivity index (χ1n) is 7.09. The van der Waals surface area contributed by atoms with Crippen LogP contribution < -0.4 is 5.73 Å². The number of rotatable bonds is 7. The van der Waals surface area contributed by atoms with Crippen LogP contribution in [0.4, 0.5) is 0 Å². The number of hydrogen-bond donors (Lipinski definition) is 1. The highest BCUT2D eigenvalue weighted by Gasteiger charge is 2.09. The summed E-state index contributed by atoms with van der Waals surface area (Å²) in [4.78, 5) is 2.39. The van der Waals surface area contributed by atoms with Gasteiger partial charge in [0.25, 0.3) is 0 Å². The van der Waals surface area contributed by atoms with Gasteiger partial charge in [-0.2, -0.15) is 0 Å². The van der Waals surface area contributed by atoms with Crippen molar-refractivity contribution >= 4 is 27.5 Å². The molecule has 0 aliphatic rings. The minimum Gasteiger partial charge on any atom is -0.330 e. The summed E-state index contributed by atoms with van der Waals surface area (Å²) in [5.74, 6) is 0. The Labute approximate surface area is 140 Å². The van der Waals surface area contributed by atoms with E-state index < -0.39 is 0 Å². The molecule has 0 aliphatic carbocycles. The molecule has 0 aromatic heterocycles. The topological polar surface area (TPSA) is 29.3 Å². The second kappa shape index (κ2) is 8.54. The van der Waals surface area contributed by atoms with Crippen LogP contribution in [0.2, 0.25) is 5.02 Å². The lowest BCUT2D eigenvalue weighted by Gasteiger charge is -2.23. The molecule has 0 fully saturated rings. The first-order valence-corrected chi connectivity index (χ1v) is 8.26. The van der Waals surface area contributed by atoms with Crippen LogP contribution in [0.3, 0.4) is 0 Å². The van der Waals surface area contributed by atoms with Gasteiger partial charge in [-0.15, -0.1) is 0 Å². The van der Waals surface area contributed by atoms with Crippen molar-refractivity contribution in [1.82, 2.24) is 4.90 Å². The Bertz CT molecular complexity index is 560. The van der Waals surface area contributed by atoms with Crippen LogP contribution in [0.1, 0.15) is 17.5 Å². The molecule has 2 aromatic rings. The lowest BCUT2D eigenvalue weighted by molar-refractivity contribution is 0.255. The van der Waals surface area contributed by atoms with Crippen LogP contribution in [-0.2, 0) is 13.1 Å². The molecule has 0 spiro atoms. The van der Waals surface area contributed by atoms with Gasteiger partial charge in [-0.1, -0.05) is 63.9 Å². The Morgan fingerprint density at radius 1 is 1.05 bits per heavy atom. The molecule has 0 unspecified atom stereocenters. The van der Waals surface area contributed by atoms with E-state index in [4.69, 9.17) is 17.3 Å². The molecule has 0 saturated heterocycles. The molecule has 2 N–H and O–H groups in total. The average Bonchev–Trinajstić information content (AvgIpc) is 2.48. The number of hydrogen-bond acceptors (Lipinski definition) is 2. The Hall–Kier alpha value is -0.870. The Kier molecular flexibility index (Phi) is 6.71. The van der Waals surface area contributed by atoms with Gasteiger partial charge in [0.15, 0.2) is 0 Å². The number of halogens is 2. The predicted octanol–water partition coefficient (Wildman–Crippen LogP) is 4.45. The van der Waals surface area contributed by atoms with Crippen LogP contribution in [0.25, 0.3) is 0 Å². The third-order valence-corrected chi connectivity index (χ3v) is 4.18. The summed E-state index contributed by atoms with van der Waals surface area (Å²) < 4.78 is 1.01. The van der Waals surface area contributed by atoms with E-state index >= 15 is 0 Å². The minimum absolute atomic E-state index is 0.708. The van der Waals surface area contributed by atoms with E-state index in [2.05, 4.69) is 51.2 Å². The smallest absolute Gasteiger partial charge is 0.0462 e. The summed E-state index contributed by atoms with van der Waals surface area (Å²) in [6.07, 6.45) is 0.987. The molecule has 0 saturated carbocycles. The van der Waals surface area contributed by atoms with Crippen molar-refractivity contribution in [3.05, 3.63) is 69.2 Å². The monoisotopic (exact) mass is 366 g/mol. The molecular formula is C17H20BrClN2. The highest BCUT2D eigenvalue weighted by molar-refractivity contribution is 9.10. The SMILES string of the molecule is NCCCN(Cc1ccccc1)Cc1ccc(Br)cc1Cl. The van der Waals surface area contributed by atoms with Crippen molar-refractivity contribution in [2.75, 3.05) is 13.1 Å². The molecule has 21 heavy (non-hydrogen) atoms. The standard InChI is InChI=1S/C17H20BrClN2/c18-16-8-7-15(17(19)11-16)13-21(10-4-9-20)12-14-5-2-1-3-6-14/h1-3,5-8,11H,4,9-10,12-13,20H2. The molecule has 0 aliphatic heterocycles. The third kappa shape index (κ3) is 5.44. The van der Waals surface area contributed by atoms with Crippen molar-refractivity contribution in [2.45, 2.75) is 19.5 Å². The van der Waals surface area contributed by atoms with Gasteiger partial charge in [0, 0.05) is 29.1 Å². The van der Waals surface area contributed by atoms with Crippen molar-refractivity contribution in [1.29, 1.82) is 0 Å². The molecular weight excluding hydrogens is 348 g/mol. The first kappa shape index (κ1) is 16.5. The maximum Gasteiger partial charge on any atom is 0.0462 e. The van der Waals surface area contributed by atoms with Crippen molar-refractivity contribution in [3.8, 4) is 0 Å². The molecule has 0 radical (unpaired) electrons. The molecule has 2 rings (SSSR count). The van der Waals surface area contributed by atoms with Gasteiger partial charge in [-0.05, 0) is 36.2 Å². The molecule has 0 atom stereocenters. The quantitative estimate of drug-likeness (QED) is 0.783. The van der Waals surface area contributed by atoms with Gasteiger partial charge in [0.1, 0.15) is 0 Å². The van der Waals surface area contributed by atoms with Gasteiger partial charge in [-0.25, -0.2) is 0 Å². The zero-order chi connectivity index (χ0) is 15.1. The molecule has 0 heterocycles. The van der Waals surface area contributed by atoms with Gasteiger partial charge < -0.3 is 5.73 Å². The normalized spacial score (nSPS) is 11.0. The van der Waals surface area contributed by atoms with Crippen LogP contribution in [-0.4, -0.2) is 18.0 Å². The van der Waals surface area contributed by atoms with Crippen molar-refractivity contribution < 1.29 is 0 Å². The van der Waals surface area contributed by atoms with E-state index in [1.54, 1.807) is 0 Å². The van der Waals surface area contributed by atoms with E-state index in [1.165, 1.54) is 5.56 Å². The molecule has 0 bridgehead atoms. The van der Waals surface area contributed by atoms with Gasteiger partial charge in [0.2, 0.25) is 0 Å². The fraction of sp³-hybridized carbons (Fsp3) is 0.294. The molecule has 4 heteroatoms. The lowest BCUT2D eigenvalue weighted by atomic mass is 10.1. The summed E-state index contributed by atoms with van der Waals surface area (Å²) in [5.41, 5.74) is 8.11. The van der Waals surface area contributed by atoms with E-state index in [0.29, 0.717) is 6.54 Å². The van der Waals surface area contributed by atoms with Crippen LogP contribution >= 0.6 is 27.5 Å². The largest absolute Gasteiger partial charge is 0.330 e. The number of benzene rings is 2. The number of nitrogens with zero attached hydrogens (tertiary/aromatic N) is 1. The molecule has 2 nitrogen and oxygen atoms in total. The highest BCUT2D eigenvalue weighted by atomic mass is 79.9. The molecule has 2 aromatic carbocycles. The van der Waals surface area contributed by atoms with Crippen molar-refractivity contribution in [2.24, 2.45) is 5.73 Å². The maximum absolute atomic E-state index is 6.33. The average molecular weight is 368 g/mol. The van der Waals surface area contributed by atoms with Gasteiger partial charge >= 0.3 is 0 Å². The summed E-state index contributed by atoms with van der Waals surface area (Å²) in [7, 11) is 0. The van der Waals surface area contributed by atoms with Crippen LogP contribution in [0.15, 0.2) is 53.0 Å². The summed E-state index contributed by atoms with van der Waals surface area (Å²) in [6.45, 7) is 3.42. The zero-order valence-electron chi connectivity index (χ0n) is 11.9. The van der Waals surface area contributed by atoms with E-state index in [0.717, 1.165) is 41.1 Å². The second-order valence-electron chi connectivity index (χ2n) is 5.07. The summed E-state index contributed by atoms with van der Waals surface area (Å²) >= 11 is 9.77. The van der Waals surface area contributed by atoms with E-state index in [9.17, 15) is 0 Å². The van der Waals surface area contributed by atoms with Crippen molar-refractivity contribution in [3.63, 3.8) is 0 Å². The molecule has 112 valence electrons. The van der Waals surface area contributed by atoms with Gasteiger partial charge in [-0.3, -0.25) is 4.90 Å². The number of nitrogens with two attached hydrogens (primary N) is 1. The predicted molar refractivity (Wildman–Crippen MR) is 93.4 cm³/mol. The fourth-order valence-corrected chi connectivity index (χ4v) is 2.99. The Morgan fingerprint density at radius 3 is 2.48 bits per heavy atom. The van der Waals surface area contributed by atoms with Crippen LogP contribution in [0, 0.1) is 0 Å². The highest BCUT2D eigenvalue weighted by Crippen LogP contribution is 2.23. The first-order chi connectivity index (χ1) is 10.2. The Balaban J connectivity index is 2.08. The van der Waals surface area contributed by atoms with E-state index in [-0.39, 0.29) is 0 Å². The second-order valence-corrected chi connectivity index (χ2v) is 6.40. The fourth-order valence-electron chi connectivity index (χ4n) is 2.26. The zero-order valence-corrected chi connectivity index (χ0v) is 14.3. The third-order valence-electron chi connectivity index (χ3n) is 3.34. The summed E-state index contributed by atoms with van der Waals surface area (Å²) in [5, 5.41) is 0.801. The maximum atomic E-state index is 6.33. The van der Waals surface area contributed by atoms with E-state index in [1.807, 2.05) is 18.2 Å². The van der Waals surface area contributed by atoms with Crippen LogP contribution in [0.5, 0.6) is 0 Å². The Morgan fingerprint density at radius 2 is 1.81 bits per heavy atom. The van der Waals surface area contributed by atoms with Gasteiger partial charge in [0.05, 0.1) is 0 Å².